The first-order chi connectivity index (χ1) is 9.58. The highest BCUT2D eigenvalue weighted by molar-refractivity contribution is 5.86. The molecule has 2 heterocycles. The van der Waals surface area contributed by atoms with Crippen LogP contribution in [0.15, 0.2) is 12.1 Å². The van der Waals surface area contributed by atoms with E-state index in [1.807, 2.05) is 6.07 Å². The van der Waals surface area contributed by atoms with Gasteiger partial charge in [0.25, 0.3) is 0 Å². The average molecular weight is 277 g/mol. The number of nitrogens with zero attached hydrogens (tertiary/aromatic N) is 3. The van der Waals surface area contributed by atoms with Crippen LogP contribution in [0.25, 0.3) is 0 Å². The molecule has 1 fully saturated rings. The maximum absolute atomic E-state index is 11.4. The topological polar surface area (TPSA) is 55.3 Å². The summed E-state index contributed by atoms with van der Waals surface area (Å²) in [5.41, 5.74) is 0.611. The molecule has 20 heavy (non-hydrogen) atoms. The van der Waals surface area contributed by atoms with Crippen molar-refractivity contribution in [2.75, 3.05) is 25.1 Å². The predicted molar refractivity (Wildman–Crippen MR) is 77.8 cm³/mol. The van der Waals surface area contributed by atoms with E-state index in [0.29, 0.717) is 5.41 Å². The molecule has 0 aliphatic carbocycles. The summed E-state index contributed by atoms with van der Waals surface area (Å²) >= 11 is 0. The van der Waals surface area contributed by atoms with Gasteiger partial charge >= 0.3 is 5.97 Å². The van der Waals surface area contributed by atoms with Gasteiger partial charge in [-0.05, 0) is 36.8 Å². The third kappa shape index (κ3) is 3.26. The van der Waals surface area contributed by atoms with Gasteiger partial charge in [0, 0.05) is 13.1 Å². The normalized spacial score (nSPS) is 22.6. The Hall–Kier alpha value is -1.65. The zero-order valence-electron chi connectivity index (χ0n) is 12.6. The van der Waals surface area contributed by atoms with Crippen molar-refractivity contribution in [3.63, 3.8) is 0 Å². The quantitative estimate of drug-likeness (QED) is 0.792. The molecule has 0 bridgehead atoms. The molecular formula is C15H23N3O2. The molecule has 110 valence electrons. The Morgan fingerprint density at radius 2 is 2.25 bits per heavy atom. The SMILES string of the molecule is CCCC1(C)CCCN(c2ccc(C(=O)OC)nn2)C1. The number of carbonyl (C=O) groups excluding carboxylic acids is 1. The Morgan fingerprint density at radius 3 is 2.85 bits per heavy atom. The first-order valence-corrected chi connectivity index (χ1v) is 7.25. The summed E-state index contributed by atoms with van der Waals surface area (Å²) in [6, 6.07) is 3.54. The van der Waals surface area contributed by atoms with Crippen LogP contribution in [0.3, 0.4) is 0 Å². The number of aromatic nitrogens is 2. The Kier molecular flexibility index (Phi) is 4.57. The molecule has 1 saturated heterocycles. The molecule has 5 nitrogen and oxygen atoms in total. The fourth-order valence-electron chi connectivity index (χ4n) is 3.03. The van der Waals surface area contributed by atoms with Crippen LogP contribution < -0.4 is 4.90 Å². The lowest BCUT2D eigenvalue weighted by Crippen LogP contribution is -2.42. The molecule has 0 saturated carbocycles. The van der Waals surface area contributed by atoms with Gasteiger partial charge in [0.1, 0.15) is 0 Å². The summed E-state index contributed by atoms with van der Waals surface area (Å²) in [4.78, 5) is 13.6. The average Bonchev–Trinajstić information content (AvgIpc) is 2.46. The smallest absolute Gasteiger partial charge is 0.358 e. The molecule has 0 aromatic carbocycles. The van der Waals surface area contributed by atoms with Gasteiger partial charge in [-0.25, -0.2) is 4.79 Å². The lowest BCUT2D eigenvalue weighted by Gasteiger charge is -2.41. The molecule has 0 amide bonds. The van der Waals surface area contributed by atoms with Crippen molar-refractivity contribution in [2.24, 2.45) is 5.41 Å². The van der Waals surface area contributed by atoms with Gasteiger partial charge in [-0.15, -0.1) is 10.2 Å². The van der Waals surface area contributed by atoms with E-state index in [4.69, 9.17) is 0 Å². The van der Waals surface area contributed by atoms with Crippen LogP contribution in [0.4, 0.5) is 5.82 Å². The number of piperidine rings is 1. The Morgan fingerprint density at radius 1 is 1.45 bits per heavy atom. The van der Waals surface area contributed by atoms with E-state index in [1.54, 1.807) is 6.07 Å². The van der Waals surface area contributed by atoms with E-state index >= 15 is 0 Å². The Balaban J connectivity index is 2.09. The van der Waals surface area contributed by atoms with Gasteiger partial charge in [-0.3, -0.25) is 0 Å². The minimum absolute atomic E-state index is 0.254. The standard InChI is InChI=1S/C15H23N3O2/c1-4-8-15(2)9-5-10-18(11-15)13-7-6-12(16-17-13)14(19)20-3/h6-7H,4-5,8-11H2,1-3H3. The zero-order valence-corrected chi connectivity index (χ0v) is 12.6. The maximum atomic E-state index is 11.4. The first-order valence-electron chi connectivity index (χ1n) is 7.25. The van der Waals surface area contributed by atoms with Crippen molar-refractivity contribution in [1.82, 2.24) is 10.2 Å². The molecular weight excluding hydrogens is 254 g/mol. The van der Waals surface area contributed by atoms with Crippen LogP contribution in [-0.2, 0) is 4.74 Å². The second-order valence-electron chi connectivity index (χ2n) is 5.85. The van der Waals surface area contributed by atoms with Crippen LogP contribution in [0.2, 0.25) is 0 Å². The van der Waals surface area contributed by atoms with Gasteiger partial charge < -0.3 is 9.64 Å². The number of hydrogen-bond acceptors (Lipinski definition) is 5. The van der Waals surface area contributed by atoms with Gasteiger partial charge in [0.05, 0.1) is 7.11 Å². The predicted octanol–water partition coefficient (Wildman–Crippen LogP) is 2.67. The fourth-order valence-corrected chi connectivity index (χ4v) is 3.03. The summed E-state index contributed by atoms with van der Waals surface area (Å²) in [6.45, 7) is 6.59. The van der Waals surface area contributed by atoms with Gasteiger partial charge in [0.15, 0.2) is 11.5 Å². The molecule has 2 rings (SSSR count). The Bertz CT molecular complexity index is 457. The van der Waals surface area contributed by atoms with E-state index in [-0.39, 0.29) is 5.69 Å². The van der Waals surface area contributed by atoms with Gasteiger partial charge in [-0.2, -0.15) is 0 Å². The van der Waals surface area contributed by atoms with Crippen LogP contribution in [0, 0.1) is 5.41 Å². The van der Waals surface area contributed by atoms with E-state index in [9.17, 15) is 4.79 Å². The van der Waals surface area contributed by atoms with Crippen molar-refractivity contribution in [1.29, 1.82) is 0 Å². The molecule has 5 heteroatoms. The van der Waals surface area contributed by atoms with Crippen molar-refractivity contribution < 1.29 is 9.53 Å². The first kappa shape index (κ1) is 14.8. The molecule has 1 atom stereocenters. The number of anilines is 1. The van der Waals surface area contributed by atoms with E-state index in [1.165, 1.54) is 32.8 Å². The zero-order chi connectivity index (χ0) is 14.6. The number of hydrogen-bond donors (Lipinski definition) is 0. The summed E-state index contributed by atoms with van der Waals surface area (Å²) in [6.07, 6.45) is 4.89. The summed E-state index contributed by atoms with van der Waals surface area (Å²) in [5, 5.41) is 8.12. The van der Waals surface area contributed by atoms with Crippen LogP contribution in [-0.4, -0.2) is 36.4 Å². The Labute approximate surface area is 120 Å². The highest BCUT2D eigenvalue weighted by atomic mass is 16.5. The van der Waals surface area contributed by atoms with Gasteiger partial charge in [0.2, 0.25) is 0 Å². The number of rotatable bonds is 4. The third-order valence-electron chi connectivity index (χ3n) is 4.00. The largest absolute Gasteiger partial charge is 0.464 e. The summed E-state index contributed by atoms with van der Waals surface area (Å²) in [7, 11) is 1.35. The maximum Gasteiger partial charge on any atom is 0.358 e. The van der Waals surface area contributed by atoms with Crippen molar-refractivity contribution in [2.45, 2.75) is 39.5 Å². The third-order valence-corrected chi connectivity index (χ3v) is 4.00. The van der Waals surface area contributed by atoms with E-state index in [0.717, 1.165) is 18.9 Å². The van der Waals surface area contributed by atoms with Crippen molar-refractivity contribution in [3.8, 4) is 0 Å². The van der Waals surface area contributed by atoms with E-state index in [2.05, 4.69) is 33.7 Å². The second-order valence-corrected chi connectivity index (χ2v) is 5.85. The summed E-state index contributed by atoms with van der Waals surface area (Å²) in [5.74, 6) is 0.401. The molecule has 0 radical (unpaired) electrons. The molecule has 1 unspecified atom stereocenters. The highest BCUT2D eigenvalue weighted by Gasteiger charge is 2.30. The molecule has 0 spiro atoms. The lowest BCUT2D eigenvalue weighted by atomic mass is 9.78. The number of ether oxygens (including phenoxy) is 1. The fraction of sp³-hybridized carbons (Fsp3) is 0.667. The number of methoxy groups -OCH3 is 1. The number of carbonyl (C=O) groups is 1. The monoisotopic (exact) mass is 277 g/mol. The number of esters is 1. The van der Waals surface area contributed by atoms with Crippen LogP contribution in [0.1, 0.15) is 50.0 Å². The van der Waals surface area contributed by atoms with Crippen molar-refractivity contribution in [3.05, 3.63) is 17.8 Å². The molecule has 1 aromatic rings. The second kappa shape index (κ2) is 6.20. The van der Waals surface area contributed by atoms with Crippen LogP contribution in [0.5, 0.6) is 0 Å². The lowest BCUT2D eigenvalue weighted by molar-refractivity contribution is 0.0592. The van der Waals surface area contributed by atoms with Gasteiger partial charge in [-0.1, -0.05) is 20.3 Å². The minimum atomic E-state index is -0.446. The molecule has 1 aliphatic heterocycles. The van der Waals surface area contributed by atoms with Crippen LogP contribution >= 0.6 is 0 Å². The molecule has 1 aromatic heterocycles. The molecule has 1 aliphatic rings. The highest BCUT2D eigenvalue weighted by Crippen LogP contribution is 2.35. The van der Waals surface area contributed by atoms with Crippen molar-refractivity contribution >= 4 is 11.8 Å². The summed E-state index contributed by atoms with van der Waals surface area (Å²) < 4.78 is 4.63. The molecule has 0 N–H and O–H groups in total. The van der Waals surface area contributed by atoms with E-state index < -0.39 is 5.97 Å². The minimum Gasteiger partial charge on any atom is -0.464 e.